The lowest BCUT2D eigenvalue weighted by Gasteiger charge is -2.19. The Bertz CT molecular complexity index is 668. The average molecular weight is 262 g/mol. The largest absolute Gasteiger partial charge is 0.0732 e. The number of fused-ring (bicyclic) bond motifs is 2. The van der Waals surface area contributed by atoms with E-state index in [1.807, 2.05) is 0 Å². The minimum Gasteiger partial charge on any atom is -0.0732 e. The van der Waals surface area contributed by atoms with Gasteiger partial charge in [-0.25, -0.2) is 0 Å². The van der Waals surface area contributed by atoms with Gasteiger partial charge in [0.2, 0.25) is 0 Å². The predicted octanol–water partition coefficient (Wildman–Crippen LogP) is 4.98. The molecular weight excluding hydrogens is 240 g/mol. The van der Waals surface area contributed by atoms with E-state index in [-0.39, 0.29) is 0 Å². The zero-order valence-corrected chi connectivity index (χ0v) is 12.7. The van der Waals surface area contributed by atoms with Crippen LogP contribution < -0.4 is 0 Å². The van der Waals surface area contributed by atoms with Gasteiger partial charge >= 0.3 is 0 Å². The first-order valence-electron chi connectivity index (χ1n) is 7.73. The molecule has 0 atom stereocenters. The Labute approximate surface area is 121 Å². The van der Waals surface area contributed by atoms with Crippen LogP contribution in [0.15, 0.2) is 35.9 Å². The van der Waals surface area contributed by atoms with E-state index in [9.17, 15) is 0 Å². The van der Waals surface area contributed by atoms with Crippen LogP contribution in [-0.2, 0) is 19.3 Å². The minimum absolute atomic E-state index is 0.428. The average Bonchev–Trinajstić information content (AvgIpc) is 3.02. The smallest absolute Gasteiger partial charge is 0.0210 e. The van der Waals surface area contributed by atoms with Crippen molar-refractivity contribution in [1.29, 1.82) is 0 Å². The van der Waals surface area contributed by atoms with Gasteiger partial charge in [0.25, 0.3) is 0 Å². The maximum absolute atomic E-state index is 2.47. The summed E-state index contributed by atoms with van der Waals surface area (Å²) in [7, 11) is 0. The highest BCUT2D eigenvalue weighted by atomic mass is 14.4. The lowest BCUT2D eigenvalue weighted by molar-refractivity contribution is 0.392. The number of rotatable bonds is 1. The van der Waals surface area contributed by atoms with Crippen molar-refractivity contribution in [2.24, 2.45) is 5.41 Å². The molecule has 4 rings (SSSR count). The summed E-state index contributed by atoms with van der Waals surface area (Å²) in [5, 5.41) is 0. The first-order valence-corrected chi connectivity index (χ1v) is 7.73. The zero-order chi connectivity index (χ0) is 13.9. The molecule has 0 saturated heterocycles. The number of hydrogen-bond acceptors (Lipinski definition) is 0. The molecule has 0 heteroatoms. The molecule has 20 heavy (non-hydrogen) atoms. The highest BCUT2D eigenvalue weighted by Crippen LogP contribution is 2.45. The summed E-state index contributed by atoms with van der Waals surface area (Å²) in [4.78, 5) is 0. The molecular formula is C20H22. The van der Waals surface area contributed by atoms with E-state index in [1.54, 1.807) is 22.3 Å². The molecule has 102 valence electrons. The van der Waals surface area contributed by atoms with Crippen molar-refractivity contribution in [3.05, 3.63) is 63.8 Å². The Morgan fingerprint density at radius 2 is 1.80 bits per heavy atom. The molecule has 0 radical (unpaired) electrons. The molecule has 3 aliphatic rings. The molecule has 0 aliphatic heterocycles. The fourth-order valence-electron chi connectivity index (χ4n) is 4.24. The van der Waals surface area contributed by atoms with Crippen molar-refractivity contribution in [1.82, 2.24) is 0 Å². The highest BCUT2D eigenvalue weighted by molar-refractivity contribution is 5.70. The summed E-state index contributed by atoms with van der Waals surface area (Å²) in [6.07, 6.45) is 15.1. The van der Waals surface area contributed by atoms with Crippen molar-refractivity contribution < 1.29 is 0 Å². The molecule has 1 aromatic rings. The van der Waals surface area contributed by atoms with Gasteiger partial charge in [0.15, 0.2) is 0 Å². The second-order valence-corrected chi connectivity index (χ2v) is 7.48. The summed E-state index contributed by atoms with van der Waals surface area (Å²) in [5.41, 5.74) is 9.90. The lowest BCUT2D eigenvalue weighted by atomic mass is 9.85. The van der Waals surface area contributed by atoms with Crippen LogP contribution in [0.4, 0.5) is 0 Å². The van der Waals surface area contributed by atoms with Crippen molar-refractivity contribution >= 4 is 6.08 Å². The van der Waals surface area contributed by atoms with Gasteiger partial charge in [0.1, 0.15) is 0 Å². The van der Waals surface area contributed by atoms with E-state index in [0.29, 0.717) is 11.3 Å². The molecule has 0 nitrogen and oxygen atoms in total. The maximum Gasteiger partial charge on any atom is 0.0210 e. The van der Waals surface area contributed by atoms with Crippen LogP contribution >= 0.6 is 0 Å². The van der Waals surface area contributed by atoms with E-state index >= 15 is 0 Å². The molecule has 3 aliphatic carbocycles. The zero-order valence-electron chi connectivity index (χ0n) is 12.7. The summed E-state index contributed by atoms with van der Waals surface area (Å²) in [5.74, 6) is 0.506. The second kappa shape index (κ2) is 3.97. The first-order chi connectivity index (χ1) is 9.53. The molecule has 0 bridgehead atoms. The standard InChI is InChI=1S/C20H22/c1-13-8-15-10-16-11-20(2,3)12-18(16)19(17(15)9-13)14-6-4-5-7-14/h4-8,10,14H,9,11-12H2,1-3H3. The molecule has 0 fully saturated rings. The highest BCUT2D eigenvalue weighted by Gasteiger charge is 2.34. The Balaban J connectivity index is 1.94. The Morgan fingerprint density at radius 3 is 2.55 bits per heavy atom. The minimum atomic E-state index is 0.428. The van der Waals surface area contributed by atoms with Crippen LogP contribution in [0.25, 0.3) is 6.08 Å². The van der Waals surface area contributed by atoms with Gasteiger partial charge in [-0.2, -0.15) is 0 Å². The molecule has 1 aromatic carbocycles. The summed E-state index contributed by atoms with van der Waals surface area (Å²) in [6.45, 7) is 7.08. The number of hydrogen-bond donors (Lipinski definition) is 0. The number of allylic oxidation sites excluding steroid dienone is 5. The van der Waals surface area contributed by atoms with E-state index in [1.165, 1.54) is 24.0 Å². The third kappa shape index (κ3) is 1.74. The van der Waals surface area contributed by atoms with Gasteiger partial charge in [-0.3, -0.25) is 0 Å². The third-order valence-electron chi connectivity index (χ3n) is 4.98. The van der Waals surface area contributed by atoms with Gasteiger partial charge in [0.05, 0.1) is 0 Å². The normalized spacial score (nSPS) is 22.2. The molecule has 0 heterocycles. The van der Waals surface area contributed by atoms with E-state index in [4.69, 9.17) is 0 Å². The van der Waals surface area contributed by atoms with Crippen LogP contribution in [0.5, 0.6) is 0 Å². The Morgan fingerprint density at radius 1 is 1.05 bits per heavy atom. The van der Waals surface area contributed by atoms with Gasteiger partial charge < -0.3 is 0 Å². The molecule has 0 aromatic heterocycles. The predicted molar refractivity (Wildman–Crippen MR) is 86.0 cm³/mol. The first kappa shape index (κ1) is 12.2. The monoisotopic (exact) mass is 262 g/mol. The maximum atomic E-state index is 2.47. The van der Waals surface area contributed by atoms with Crippen LogP contribution in [0.2, 0.25) is 0 Å². The molecule has 0 N–H and O–H groups in total. The molecule has 0 unspecified atom stereocenters. The second-order valence-electron chi connectivity index (χ2n) is 7.48. The van der Waals surface area contributed by atoms with Crippen LogP contribution in [-0.4, -0.2) is 0 Å². The summed E-state index contributed by atoms with van der Waals surface area (Å²) in [6, 6.07) is 2.47. The SMILES string of the molecule is CC1=Cc2cc3c(c(C4C=CC=C4)c2C1)CC(C)(C)C3. The number of benzene rings is 1. The molecule has 0 spiro atoms. The quantitative estimate of drug-likeness (QED) is 0.669. The van der Waals surface area contributed by atoms with Crippen LogP contribution in [0.3, 0.4) is 0 Å². The third-order valence-corrected chi connectivity index (χ3v) is 4.98. The van der Waals surface area contributed by atoms with E-state index < -0.39 is 0 Å². The van der Waals surface area contributed by atoms with Crippen LogP contribution in [0.1, 0.15) is 54.5 Å². The van der Waals surface area contributed by atoms with Gasteiger partial charge in [0, 0.05) is 5.92 Å². The van der Waals surface area contributed by atoms with E-state index in [0.717, 1.165) is 6.42 Å². The van der Waals surface area contributed by atoms with Crippen molar-refractivity contribution in [2.45, 2.75) is 46.0 Å². The topological polar surface area (TPSA) is 0 Å². The van der Waals surface area contributed by atoms with Gasteiger partial charge in [-0.15, -0.1) is 0 Å². The van der Waals surface area contributed by atoms with Crippen molar-refractivity contribution in [3.8, 4) is 0 Å². The fourth-order valence-corrected chi connectivity index (χ4v) is 4.24. The van der Waals surface area contributed by atoms with E-state index in [2.05, 4.69) is 57.2 Å². The van der Waals surface area contributed by atoms with Crippen molar-refractivity contribution in [3.63, 3.8) is 0 Å². The Hall–Kier alpha value is -1.56. The van der Waals surface area contributed by atoms with Crippen molar-refractivity contribution in [2.75, 3.05) is 0 Å². The van der Waals surface area contributed by atoms with Gasteiger partial charge in [-0.05, 0) is 59.4 Å². The van der Waals surface area contributed by atoms with Gasteiger partial charge in [-0.1, -0.05) is 55.9 Å². The summed E-state index contributed by atoms with van der Waals surface area (Å²) < 4.78 is 0. The summed E-state index contributed by atoms with van der Waals surface area (Å²) >= 11 is 0. The fraction of sp³-hybridized carbons (Fsp3) is 0.400. The van der Waals surface area contributed by atoms with Crippen LogP contribution in [0, 0.1) is 5.41 Å². The molecule has 0 amide bonds. The Kier molecular flexibility index (Phi) is 2.42. The molecule has 0 saturated carbocycles. The lowest BCUT2D eigenvalue weighted by Crippen LogP contribution is -2.10.